The molecule has 2 rings (SSSR count). The molecule has 1 fully saturated rings. The van der Waals surface area contributed by atoms with Crippen molar-refractivity contribution in [2.24, 2.45) is 5.92 Å². The summed E-state index contributed by atoms with van der Waals surface area (Å²) in [5, 5.41) is 2.65. The van der Waals surface area contributed by atoms with Gasteiger partial charge in [-0.05, 0) is 12.1 Å². The van der Waals surface area contributed by atoms with Gasteiger partial charge in [-0.2, -0.15) is 0 Å². The topological polar surface area (TPSA) is 49.4 Å². The van der Waals surface area contributed by atoms with E-state index in [0.717, 1.165) is 12.1 Å². The van der Waals surface area contributed by atoms with E-state index in [2.05, 4.69) is 5.32 Å². The summed E-state index contributed by atoms with van der Waals surface area (Å²) >= 11 is 0. The Morgan fingerprint density at radius 2 is 2.16 bits per heavy atom. The maximum Gasteiger partial charge on any atom is 0.227 e. The first-order chi connectivity index (χ1) is 8.97. The highest BCUT2D eigenvalue weighted by molar-refractivity contribution is 5.95. The lowest BCUT2D eigenvalue weighted by Crippen LogP contribution is -2.29. The van der Waals surface area contributed by atoms with Crippen molar-refractivity contribution in [1.29, 1.82) is 0 Å². The van der Waals surface area contributed by atoms with Gasteiger partial charge in [0.2, 0.25) is 11.8 Å². The molecule has 0 radical (unpaired) electrons. The van der Waals surface area contributed by atoms with Gasteiger partial charge in [0.1, 0.15) is 0 Å². The molecular formula is C13H14F2N2O2. The maximum atomic E-state index is 13.1. The van der Waals surface area contributed by atoms with Gasteiger partial charge < -0.3 is 10.2 Å². The number of nitrogens with one attached hydrogen (secondary N) is 1. The number of benzene rings is 1. The predicted octanol–water partition coefficient (Wildman–Crippen LogP) is 1.45. The molecule has 102 valence electrons. The van der Waals surface area contributed by atoms with Crippen molar-refractivity contribution >= 4 is 17.5 Å². The number of anilines is 1. The average molecular weight is 268 g/mol. The molecule has 0 aromatic heterocycles. The van der Waals surface area contributed by atoms with E-state index in [9.17, 15) is 18.4 Å². The van der Waals surface area contributed by atoms with Crippen LogP contribution in [0.4, 0.5) is 14.5 Å². The van der Waals surface area contributed by atoms with E-state index < -0.39 is 11.6 Å². The van der Waals surface area contributed by atoms with Crippen LogP contribution in [0.25, 0.3) is 0 Å². The summed E-state index contributed by atoms with van der Waals surface area (Å²) in [6.45, 7) is 2.20. The number of carbonyl (C=O) groups excluding carboxylic acids is 2. The van der Waals surface area contributed by atoms with Crippen LogP contribution in [0.3, 0.4) is 0 Å². The zero-order valence-electron chi connectivity index (χ0n) is 10.5. The minimum atomic E-state index is -0.976. The van der Waals surface area contributed by atoms with Crippen LogP contribution in [0.1, 0.15) is 13.3 Å². The number of carbonyl (C=O) groups is 2. The number of amides is 2. The van der Waals surface area contributed by atoms with Crippen molar-refractivity contribution in [3.8, 4) is 0 Å². The molecule has 1 atom stereocenters. The molecule has 1 N–H and O–H groups in total. The quantitative estimate of drug-likeness (QED) is 0.902. The minimum Gasteiger partial charge on any atom is -0.356 e. The third-order valence-corrected chi connectivity index (χ3v) is 3.06. The number of nitrogens with zero attached hydrogens (tertiary/aromatic N) is 1. The first-order valence-corrected chi connectivity index (χ1v) is 5.97. The summed E-state index contributed by atoms with van der Waals surface area (Å²) in [4.78, 5) is 24.0. The van der Waals surface area contributed by atoms with Crippen molar-refractivity contribution in [2.45, 2.75) is 13.3 Å². The second kappa shape index (κ2) is 5.34. The molecule has 2 amide bonds. The highest BCUT2D eigenvalue weighted by Gasteiger charge is 2.30. The Kier molecular flexibility index (Phi) is 3.78. The third-order valence-electron chi connectivity index (χ3n) is 3.06. The molecule has 6 heteroatoms. The monoisotopic (exact) mass is 268 g/mol. The van der Waals surface area contributed by atoms with Gasteiger partial charge in [-0.25, -0.2) is 8.78 Å². The minimum absolute atomic E-state index is 0.00971. The van der Waals surface area contributed by atoms with Crippen molar-refractivity contribution in [3.05, 3.63) is 29.8 Å². The van der Waals surface area contributed by atoms with Crippen molar-refractivity contribution < 1.29 is 18.4 Å². The van der Waals surface area contributed by atoms with Gasteiger partial charge in [0.25, 0.3) is 0 Å². The summed E-state index contributed by atoms with van der Waals surface area (Å²) in [6.07, 6.45) is 0.291. The Labute approximate surface area is 109 Å². The van der Waals surface area contributed by atoms with Crippen LogP contribution < -0.4 is 10.2 Å². The van der Waals surface area contributed by atoms with Crippen LogP contribution >= 0.6 is 0 Å². The highest BCUT2D eigenvalue weighted by atomic mass is 19.2. The first-order valence-electron chi connectivity index (χ1n) is 5.97. The van der Waals surface area contributed by atoms with E-state index in [1.807, 2.05) is 0 Å². The summed E-state index contributed by atoms with van der Waals surface area (Å²) in [5.41, 5.74) is 0.342. The maximum absolute atomic E-state index is 13.1. The van der Waals surface area contributed by atoms with E-state index in [0.29, 0.717) is 25.2 Å². The molecule has 0 bridgehead atoms. The molecule has 1 unspecified atom stereocenters. The summed E-state index contributed by atoms with van der Waals surface area (Å²) in [6, 6.07) is 3.38. The fourth-order valence-corrected chi connectivity index (χ4v) is 2.11. The van der Waals surface area contributed by atoms with Gasteiger partial charge in [0.15, 0.2) is 11.6 Å². The van der Waals surface area contributed by atoms with Crippen LogP contribution in [-0.4, -0.2) is 24.9 Å². The lowest BCUT2D eigenvalue weighted by atomic mass is 10.1. The number of hydrogen-bond acceptors (Lipinski definition) is 2. The molecular weight excluding hydrogens is 254 g/mol. The Bertz CT molecular complexity index is 519. The summed E-state index contributed by atoms with van der Waals surface area (Å²) in [5.74, 6) is -2.23. The molecule has 4 nitrogen and oxygen atoms in total. The standard InChI is InChI=1S/C13H14F2N2O2/c1-8(18)16-6-9-4-13(19)17(7-9)10-2-3-11(14)12(15)5-10/h2-3,5,9H,4,6-7H2,1H3,(H,16,18). The predicted molar refractivity (Wildman–Crippen MR) is 65.5 cm³/mol. The number of hydrogen-bond donors (Lipinski definition) is 1. The Balaban J connectivity index is 2.07. The second-order valence-electron chi connectivity index (χ2n) is 4.61. The molecule has 1 heterocycles. The molecule has 0 spiro atoms. The second-order valence-corrected chi connectivity index (χ2v) is 4.61. The van der Waals surface area contributed by atoms with Gasteiger partial charge in [-0.1, -0.05) is 0 Å². The Morgan fingerprint density at radius 1 is 1.42 bits per heavy atom. The van der Waals surface area contributed by atoms with E-state index in [1.165, 1.54) is 17.9 Å². The Morgan fingerprint density at radius 3 is 2.79 bits per heavy atom. The molecule has 1 aromatic rings. The smallest absolute Gasteiger partial charge is 0.227 e. The van der Waals surface area contributed by atoms with E-state index in [-0.39, 0.29) is 17.7 Å². The third kappa shape index (κ3) is 3.07. The van der Waals surface area contributed by atoms with E-state index in [1.54, 1.807) is 0 Å². The van der Waals surface area contributed by atoms with Gasteiger partial charge in [-0.15, -0.1) is 0 Å². The Hall–Kier alpha value is -1.98. The van der Waals surface area contributed by atoms with Crippen molar-refractivity contribution in [1.82, 2.24) is 5.32 Å². The first kappa shape index (κ1) is 13.5. The molecule has 19 heavy (non-hydrogen) atoms. The van der Waals surface area contributed by atoms with Gasteiger partial charge >= 0.3 is 0 Å². The van der Waals surface area contributed by atoms with Crippen molar-refractivity contribution in [2.75, 3.05) is 18.0 Å². The normalized spacial score (nSPS) is 18.8. The van der Waals surface area contributed by atoms with Gasteiger partial charge in [0, 0.05) is 44.1 Å². The lowest BCUT2D eigenvalue weighted by molar-refractivity contribution is -0.120. The molecule has 1 aliphatic heterocycles. The summed E-state index contributed by atoms with van der Waals surface area (Å²) < 4.78 is 26.0. The van der Waals surface area contributed by atoms with Crippen LogP contribution in [-0.2, 0) is 9.59 Å². The number of rotatable bonds is 3. The van der Waals surface area contributed by atoms with Crippen LogP contribution in [0.2, 0.25) is 0 Å². The van der Waals surface area contributed by atoms with Gasteiger partial charge in [0.05, 0.1) is 0 Å². The van der Waals surface area contributed by atoms with Crippen LogP contribution in [0.5, 0.6) is 0 Å². The van der Waals surface area contributed by atoms with E-state index >= 15 is 0 Å². The van der Waals surface area contributed by atoms with Crippen LogP contribution in [0.15, 0.2) is 18.2 Å². The largest absolute Gasteiger partial charge is 0.356 e. The average Bonchev–Trinajstić information content (AvgIpc) is 2.72. The molecule has 0 aliphatic carbocycles. The SMILES string of the molecule is CC(=O)NCC1CC(=O)N(c2ccc(F)c(F)c2)C1. The number of halogens is 2. The molecule has 0 saturated carbocycles. The van der Waals surface area contributed by atoms with Crippen LogP contribution in [0, 0.1) is 17.6 Å². The lowest BCUT2D eigenvalue weighted by Gasteiger charge is -2.17. The highest BCUT2D eigenvalue weighted by Crippen LogP contribution is 2.26. The van der Waals surface area contributed by atoms with Crippen molar-refractivity contribution in [3.63, 3.8) is 0 Å². The fraction of sp³-hybridized carbons (Fsp3) is 0.385. The zero-order valence-corrected chi connectivity index (χ0v) is 10.5. The molecule has 1 saturated heterocycles. The molecule has 1 aliphatic rings. The summed E-state index contributed by atoms with van der Waals surface area (Å²) in [7, 11) is 0. The van der Waals surface area contributed by atoms with E-state index in [4.69, 9.17) is 0 Å². The fourth-order valence-electron chi connectivity index (χ4n) is 2.11. The molecule has 1 aromatic carbocycles. The zero-order chi connectivity index (χ0) is 14.0. The van der Waals surface area contributed by atoms with Gasteiger partial charge in [-0.3, -0.25) is 9.59 Å².